The van der Waals surface area contributed by atoms with Gasteiger partial charge in [-0.15, -0.1) is 0 Å². The fraction of sp³-hybridized carbons (Fsp3) is 0.350. The lowest BCUT2D eigenvalue weighted by Crippen LogP contribution is -2.46. The Labute approximate surface area is 144 Å². The summed E-state index contributed by atoms with van der Waals surface area (Å²) in [5.74, 6) is 0.199. The van der Waals surface area contributed by atoms with Crippen LogP contribution in [0.5, 0.6) is 5.75 Å². The minimum atomic E-state index is -0.723. The molecule has 2 aromatic rings. The third kappa shape index (κ3) is 3.95. The summed E-state index contributed by atoms with van der Waals surface area (Å²) in [6.07, 6.45) is 1.12. The van der Waals surface area contributed by atoms with Crippen LogP contribution in [0.15, 0.2) is 54.6 Å². The standard InChI is InChI=1S/C20H26N2O2/c1-21-19(24)20(13-14-22(2)3,17-10-5-4-6-11-17)15-16-9-7-8-12-18(16)23/h4-12,23H,13-15H2,1-3H3,(H,21,24). The van der Waals surface area contributed by atoms with Crippen molar-refractivity contribution in [2.45, 2.75) is 18.3 Å². The second-order valence-corrected chi connectivity index (χ2v) is 6.39. The summed E-state index contributed by atoms with van der Waals surface area (Å²) in [6, 6.07) is 17.1. The molecular formula is C20H26N2O2. The van der Waals surface area contributed by atoms with E-state index >= 15 is 0 Å². The Bertz CT molecular complexity index is 670. The number of benzene rings is 2. The Kier molecular flexibility index (Phi) is 5.99. The molecule has 0 aliphatic carbocycles. The molecular weight excluding hydrogens is 300 g/mol. The highest BCUT2D eigenvalue weighted by atomic mass is 16.3. The number of nitrogens with one attached hydrogen (secondary N) is 1. The van der Waals surface area contributed by atoms with Crippen LogP contribution < -0.4 is 5.32 Å². The maximum absolute atomic E-state index is 13.0. The van der Waals surface area contributed by atoms with E-state index in [9.17, 15) is 9.90 Å². The van der Waals surface area contributed by atoms with Gasteiger partial charge in [0.2, 0.25) is 5.91 Å². The summed E-state index contributed by atoms with van der Waals surface area (Å²) < 4.78 is 0. The molecule has 2 rings (SSSR count). The number of hydrogen-bond acceptors (Lipinski definition) is 3. The van der Waals surface area contributed by atoms with Gasteiger partial charge in [0.05, 0.1) is 5.41 Å². The zero-order chi connectivity index (χ0) is 17.6. The summed E-state index contributed by atoms with van der Waals surface area (Å²) in [5.41, 5.74) is 1.03. The summed E-state index contributed by atoms with van der Waals surface area (Å²) in [7, 11) is 5.67. The van der Waals surface area contributed by atoms with Crippen LogP contribution in [-0.2, 0) is 16.6 Å². The first-order valence-corrected chi connectivity index (χ1v) is 8.19. The van der Waals surface area contributed by atoms with E-state index in [4.69, 9.17) is 0 Å². The summed E-state index contributed by atoms with van der Waals surface area (Å²) in [6.45, 7) is 0.774. The molecule has 0 radical (unpaired) electrons. The largest absolute Gasteiger partial charge is 0.508 e. The zero-order valence-electron chi connectivity index (χ0n) is 14.6. The van der Waals surface area contributed by atoms with Gasteiger partial charge in [-0.3, -0.25) is 4.79 Å². The number of amides is 1. The SMILES string of the molecule is CNC(=O)C(CCN(C)C)(Cc1ccccc1O)c1ccccc1. The van der Waals surface area contributed by atoms with E-state index in [1.165, 1.54) is 0 Å². The molecule has 0 saturated carbocycles. The van der Waals surface area contributed by atoms with Crippen LogP contribution in [0.4, 0.5) is 0 Å². The smallest absolute Gasteiger partial charge is 0.230 e. The first kappa shape index (κ1) is 18.0. The highest BCUT2D eigenvalue weighted by Gasteiger charge is 2.40. The van der Waals surface area contributed by atoms with Crippen molar-refractivity contribution in [1.82, 2.24) is 10.2 Å². The molecule has 0 aromatic heterocycles. The van der Waals surface area contributed by atoms with Crippen molar-refractivity contribution in [2.24, 2.45) is 0 Å². The van der Waals surface area contributed by atoms with Gasteiger partial charge in [-0.05, 0) is 50.7 Å². The summed E-state index contributed by atoms with van der Waals surface area (Å²) >= 11 is 0. The minimum absolute atomic E-state index is 0.0289. The Morgan fingerprint density at radius 1 is 1.08 bits per heavy atom. The molecule has 1 amide bonds. The van der Waals surface area contributed by atoms with Gasteiger partial charge in [0.15, 0.2) is 0 Å². The number of hydrogen-bond donors (Lipinski definition) is 2. The highest BCUT2D eigenvalue weighted by Crippen LogP contribution is 2.35. The predicted octanol–water partition coefficient (Wildman–Crippen LogP) is 2.57. The van der Waals surface area contributed by atoms with Crippen LogP contribution in [0.1, 0.15) is 17.5 Å². The molecule has 128 valence electrons. The second-order valence-electron chi connectivity index (χ2n) is 6.39. The maximum Gasteiger partial charge on any atom is 0.230 e. The van der Waals surface area contributed by atoms with E-state index in [0.717, 1.165) is 17.7 Å². The molecule has 0 fully saturated rings. The quantitative estimate of drug-likeness (QED) is 0.822. The summed E-state index contributed by atoms with van der Waals surface area (Å²) in [5, 5.41) is 13.0. The molecule has 4 heteroatoms. The van der Waals surface area contributed by atoms with Crippen LogP contribution in [-0.4, -0.2) is 43.6 Å². The number of nitrogens with zero attached hydrogens (tertiary/aromatic N) is 1. The molecule has 0 saturated heterocycles. The monoisotopic (exact) mass is 326 g/mol. The minimum Gasteiger partial charge on any atom is -0.508 e. The van der Waals surface area contributed by atoms with Crippen molar-refractivity contribution < 1.29 is 9.90 Å². The third-order valence-corrected chi connectivity index (χ3v) is 4.46. The number of phenols is 1. The fourth-order valence-corrected chi connectivity index (χ4v) is 3.06. The Morgan fingerprint density at radius 2 is 1.71 bits per heavy atom. The molecule has 0 bridgehead atoms. The summed E-state index contributed by atoms with van der Waals surface area (Å²) in [4.78, 5) is 15.0. The Morgan fingerprint density at radius 3 is 2.29 bits per heavy atom. The van der Waals surface area contributed by atoms with Gasteiger partial charge in [0.1, 0.15) is 5.75 Å². The van der Waals surface area contributed by atoms with Crippen LogP contribution in [0.2, 0.25) is 0 Å². The van der Waals surface area contributed by atoms with E-state index in [0.29, 0.717) is 12.8 Å². The van der Waals surface area contributed by atoms with Crippen molar-refractivity contribution in [3.63, 3.8) is 0 Å². The number of carbonyl (C=O) groups is 1. The van der Waals surface area contributed by atoms with Crippen molar-refractivity contribution in [2.75, 3.05) is 27.7 Å². The van der Waals surface area contributed by atoms with E-state index in [-0.39, 0.29) is 11.7 Å². The molecule has 1 unspecified atom stereocenters. The predicted molar refractivity (Wildman–Crippen MR) is 97.2 cm³/mol. The van der Waals surface area contributed by atoms with Crippen molar-refractivity contribution in [3.05, 3.63) is 65.7 Å². The number of rotatable bonds is 7. The molecule has 2 aromatic carbocycles. The fourth-order valence-electron chi connectivity index (χ4n) is 3.06. The van der Waals surface area contributed by atoms with E-state index in [1.807, 2.05) is 56.6 Å². The van der Waals surface area contributed by atoms with Crippen LogP contribution in [0.3, 0.4) is 0 Å². The van der Waals surface area contributed by atoms with E-state index < -0.39 is 5.41 Å². The lowest BCUT2D eigenvalue weighted by molar-refractivity contribution is -0.126. The van der Waals surface area contributed by atoms with Crippen LogP contribution >= 0.6 is 0 Å². The van der Waals surface area contributed by atoms with Gasteiger partial charge in [-0.25, -0.2) is 0 Å². The van der Waals surface area contributed by atoms with Crippen LogP contribution in [0.25, 0.3) is 0 Å². The molecule has 24 heavy (non-hydrogen) atoms. The highest BCUT2D eigenvalue weighted by molar-refractivity contribution is 5.88. The molecule has 0 aliphatic rings. The normalized spacial score (nSPS) is 13.5. The Balaban J connectivity index is 2.52. The van der Waals surface area contributed by atoms with Crippen LogP contribution in [0, 0.1) is 0 Å². The topological polar surface area (TPSA) is 52.6 Å². The van der Waals surface area contributed by atoms with Crippen molar-refractivity contribution >= 4 is 5.91 Å². The first-order valence-electron chi connectivity index (χ1n) is 8.19. The average molecular weight is 326 g/mol. The molecule has 4 nitrogen and oxygen atoms in total. The molecule has 0 heterocycles. The zero-order valence-corrected chi connectivity index (χ0v) is 14.6. The maximum atomic E-state index is 13.0. The van der Waals surface area contributed by atoms with E-state index in [2.05, 4.69) is 10.2 Å². The van der Waals surface area contributed by atoms with Gasteiger partial charge >= 0.3 is 0 Å². The molecule has 2 N–H and O–H groups in total. The molecule has 0 spiro atoms. The van der Waals surface area contributed by atoms with Gasteiger partial charge in [-0.1, -0.05) is 48.5 Å². The van der Waals surface area contributed by atoms with Crippen molar-refractivity contribution in [3.8, 4) is 5.75 Å². The molecule has 1 atom stereocenters. The van der Waals surface area contributed by atoms with Gasteiger partial charge in [0.25, 0.3) is 0 Å². The van der Waals surface area contributed by atoms with Gasteiger partial charge in [0, 0.05) is 7.05 Å². The number of aromatic hydroxyl groups is 1. The lowest BCUT2D eigenvalue weighted by Gasteiger charge is -2.34. The molecule has 0 aliphatic heterocycles. The van der Waals surface area contributed by atoms with Gasteiger partial charge < -0.3 is 15.3 Å². The second kappa shape index (κ2) is 7.97. The number of carbonyl (C=O) groups excluding carboxylic acids is 1. The number of likely N-dealkylation sites (N-methyl/N-ethyl adjacent to an activating group) is 1. The van der Waals surface area contributed by atoms with Crippen molar-refractivity contribution in [1.29, 1.82) is 0 Å². The number of phenolic OH excluding ortho intramolecular Hbond substituents is 1. The lowest BCUT2D eigenvalue weighted by atomic mass is 9.72. The third-order valence-electron chi connectivity index (χ3n) is 4.46. The number of para-hydroxylation sites is 1. The van der Waals surface area contributed by atoms with Gasteiger partial charge in [-0.2, -0.15) is 0 Å². The Hall–Kier alpha value is -2.33. The van der Waals surface area contributed by atoms with E-state index in [1.54, 1.807) is 19.2 Å². The first-order chi connectivity index (χ1) is 11.5. The average Bonchev–Trinajstić information content (AvgIpc) is 2.60.